The van der Waals surface area contributed by atoms with Crippen LogP contribution in [0, 0.1) is 0 Å². The van der Waals surface area contributed by atoms with Gasteiger partial charge in [-0.3, -0.25) is 14.4 Å². The second kappa shape index (κ2) is 16.8. The summed E-state index contributed by atoms with van der Waals surface area (Å²) >= 11 is 2.74. The van der Waals surface area contributed by atoms with Crippen LogP contribution in [0.1, 0.15) is 28.8 Å². The molecule has 0 heterocycles. The number of fused-ring (bicyclic) bond motifs is 3. The van der Waals surface area contributed by atoms with E-state index in [1.165, 1.54) is 47.8 Å². The van der Waals surface area contributed by atoms with Gasteiger partial charge >= 0.3 is 115 Å². The maximum Gasteiger partial charge on any atom is 1.00 e. The number of benzene rings is 2. The maximum atomic E-state index is 13.2. The van der Waals surface area contributed by atoms with E-state index in [0.29, 0.717) is 22.6 Å². The third-order valence-corrected chi connectivity index (χ3v) is 10.0. The minimum Gasteiger partial charge on any atom is -0.480 e. The van der Waals surface area contributed by atoms with Crippen molar-refractivity contribution in [3.05, 3.63) is 47.5 Å². The standard InChI is InChI=1S/C23H26N2O9S4.2K/c1-35-9-7-19(22(27)28)24-37(31,32)13-3-5-15-16-6-4-14(12-18(16)21(26)17(15)11-13)38(33,34)25-20(23(29)30)8-10-36-2;;/h3-6,11-12,19-20,24-25H,7-10H2,1-2H3,(H,27,28)(H,29,30);;/q;2*+1. The van der Waals surface area contributed by atoms with E-state index in [9.17, 15) is 41.4 Å². The third-order valence-electron chi connectivity index (χ3n) is 5.79. The normalized spacial score (nSPS) is 13.8. The monoisotopic (exact) mass is 680 g/mol. The summed E-state index contributed by atoms with van der Waals surface area (Å²) in [6.45, 7) is 0. The summed E-state index contributed by atoms with van der Waals surface area (Å²) in [5, 5.41) is 18.7. The Kier molecular flexibility index (Phi) is 16.3. The van der Waals surface area contributed by atoms with E-state index in [0.717, 1.165) is 12.1 Å². The smallest absolute Gasteiger partial charge is 0.480 e. The van der Waals surface area contributed by atoms with Crippen LogP contribution in [0.3, 0.4) is 0 Å². The summed E-state index contributed by atoms with van der Waals surface area (Å²) in [5.74, 6) is -2.43. The molecule has 2 aromatic carbocycles. The summed E-state index contributed by atoms with van der Waals surface area (Å²) < 4.78 is 55.8. The number of carbonyl (C=O) groups excluding carboxylic acids is 1. The number of rotatable bonds is 14. The molecule has 11 nitrogen and oxygen atoms in total. The Morgan fingerprint density at radius 1 is 0.725 bits per heavy atom. The van der Waals surface area contributed by atoms with Crippen LogP contribution in [0.25, 0.3) is 11.1 Å². The van der Waals surface area contributed by atoms with Gasteiger partial charge in [-0.2, -0.15) is 33.0 Å². The van der Waals surface area contributed by atoms with Gasteiger partial charge in [-0.15, -0.1) is 0 Å². The quantitative estimate of drug-likeness (QED) is 0.121. The van der Waals surface area contributed by atoms with Crippen molar-refractivity contribution in [3.63, 3.8) is 0 Å². The van der Waals surface area contributed by atoms with Crippen LogP contribution in [-0.4, -0.2) is 80.9 Å². The van der Waals surface area contributed by atoms with Gasteiger partial charge < -0.3 is 10.2 Å². The number of hydrogen-bond donors (Lipinski definition) is 4. The van der Waals surface area contributed by atoms with Gasteiger partial charge in [-0.25, -0.2) is 16.8 Å². The van der Waals surface area contributed by atoms with Crippen LogP contribution >= 0.6 is 23.5 Å². The molecule has 0 saturated carbocycles. The first kappa shape index (κ1) is 38.9. The van der Waals surface area contributed by atoms with E-state index in [2.05, 4.69) is 9.44 Å². The zero-order chi connectivity index (χ0) is 28.3. The van der Waals surface area contributed by atoms with Crippen molar-refractivity contribution in [2.45, 2.75) is 34.7 Å². The Balaban J connectivity index is 0.00000400. The number of carbonyl (C=O) groups is 3. The number of carboxylic acids is 2. The molecule has 2 aromatic rings. The molecule has 0 amide bonds. The van der Waals surface area contributed by atoms with Crippen molar-refractivity contribution >= 4 is 61.3 Å². The van der Waals surface area contributed by atoms with Crippen molar-refractivity contribution in [2.75, 3.05) is 24.0 Å². The molecular weight excluding hydrogens is 655 g/mol. The number of aliphatic carboxylic acids is 2. The van der Waals surface area contributed by atoms with Crippen LogP contribution in [0.5, 0.6) is 0 Å². The van der Waals surface area contributed by atoms with E-state index >= 15 is 0 Å². The molecule has 0 saturated heterocycles. The van der Waals surface area contributed by atoms with Crippen LogP contribution in [0.2, 0.25) is 0 Å². The van der Waals surface area contributed by atoms with Crippen LogP contribution in [-0.2, 0) is 29.6 Å². The van der Waals surface area contributed by atoms with Gasteiger partial charge in [0.1, 0.15) is 12.1 Å². The molecule has 3 rings (SSSR count). The summed E-state index contributed by atoms with van der Waals surface area (Å²) in [7, 11) is -8.57. The van der Waals surface area contributed by atoms with Gasteiger partial charge in [0, 0.05) is 11.1 Å². The van der Waals surface area contributed by atoms with Gasteiger partial charge in [0.25, 0.3) is 0 Å². The van der Waals surface area contributed by atoms with Crippen LogP contribution < -0.4 is 112 Å². The molecule has 17 heteroatoms. The molecule has 0 fully saturated rings. The molecule has 206 valence electrons. The molecule has 40 heavy (non-hydrogen) atoms. The average Bonchev–Trinajstić information content (AvgIpc) is 3.14. The van der Waals surface area contributed by atoms with Gasteiger partial charge in [0.2, 0.25) is 20.0 Å². The van der Waals surface area contributed by atoms with Crippen molar-refractivity contribution in [1.29, 1.82) is 0 Å². The fourth-order valence-corrected chi connectivity index (χ4v) is 7.26. The first-order chi connectivity index (χ1) is 17.8. The minimum absolute atomic E-state index is 0. The zero-order valence-electron chi connectivity index (χ0n) is 22.3. The number of ketones is 1. The summed E-state index contributed by atoms with van der Waals surface area (Å²) in [5.41, 5.74) is 0.817. The SMILES string of the molecule is CSCCC(NS(=O)(=O)c1ccc2c(c1)C(=O)c1cc(S(=O)(=O)NC(CCSC)C(=O)O)ccc1-2)C(=O)O.[K+].[K+]. The van der Waals surface area contributed by atoms with Crippen molar-refractivity contribution in [3.8, 4) is 11.1 Å². The summed E-state index contributed by atoms with van der Waals surface area (Å²) in [6, 6.07) is 4.85. The molecule has 2 unspecified atom stereocenters. The van der Waals surface area contributed by atoms with E-state index in [-0.39, 0.29) is 137 Å². The Hall–Kier alpha value is 0.843. The number of sulfonamides is 2. The van der Waals surface area contributed by atoms with Gasteiger partial charge in [0.15, 0.2) is 5.78 Å². The molecule has 4 N–H and O–H groups in total. The predicted molar refractivity (Wildman–Crippen MR) is 145 cm³/mol. The zero-order valence-corrected chi connectivity index (χ0v) is 31.8. The van der Waals surface area contributed by atoms with E-state index in [1.54, 1.807) is 12.5 Å². The maximum absolute atomic E-state index is 13.2. The Bertz CT molecular complexity index is 1380. The number of nitrogens with one attached hydrogen (secondary N) is 2. The topological polar surface area (TPSA) is 184 Å². The fourth-order valence-electron chi connectivity index (χ4n) is 3.82. The fraction of sp³-hybridized carbons (Fsp3) is 0.348. The Morgan fingerprint density at radius 2 is 1.07 bits per heavy atom. The van der Waals surface area contributed by atoms with Crippen molar-refractivity contribution < 1.29 is 144 Å². The van der Waals surface area contributed by atoms with Crippen LogP contribution in [0.4, 0.5) is 0 Å². The molecule has 2 atom stereocenters. The van der Waals surface area contributed by atoms with E-state index in [4.69, 9.17) is 0 Å². The van der Waals surface area contributed by atoms with Gasteiger partial charge in [0.05, 0.1) is 9.79 Å². The van der Waals surface area contributed by atoms with Crippen LogP contribution in [0.15, 0.2) is 46.2 Å². The third kappa shape index (κ3) is 9.42. The minimum atomic E-state index is -4.28. The van der Waals surface area contributed by atoms with Gasteiger partial charge in [-0.05, 0) is 72.3 Å². The Labute approximate surface area is 326 Å². The number of carboxylic acid groups (broad SMARTS) is 2. The van der Waals surface area contributed by atoms with Crippen molar-refractivity contribution in [2.24, 2.45) is 0 Å². The second-order valence-corrected chi connectivity index (χ2v) is 13.7. The number of thioether (sulfide) groups is 2. The number of hydrogen-bond acceptors (Lipinski definition) is 9. The largest absolute Gasteiger partial charge is 1.00 e. The first-order valence-electron chi connectivity index (χ1n) is 11.1. The molecular formula is C23H26K2N2O9S4+2. The molecule has 0 radical (unpaired) electrons. The Morgan fingerprint density at radius 3 is 1.38 bits per heavy atom. The van der Waals surface area contributed by atoms with E-state index in [1.807, 2.05) is 0 Å². The van der Waals surface area contributed by atoms with Gasteiger partial charge in [-0.1, -0.05) is 12.1 Å². The summed E-state index contributed by atoms with van der Waals surface area (Å²) in [6.07, 6.45) is 3.66. The first-order valence-corrected chi connectivity index (χ1v) is 16.9. The van der Waals surface area contributed by atoms with E-state index < -0.39 is 49.9 Å². The predicted octanol–water partition coefficient (Wildman–Crippen LogP) is -4.12. The average molecular weight is 681 g/mol. The second-order valence-electron chi connectivity index (χ2n) is 8.33. The molecule has 0 aromatic heterocycles. The van der Waals surface area contributed by atoms with Crippen molar-refractivity contribution in [1.82, 2.24) is 9.44 Å². The molecule has 0 bridgehead atoms. The molecule has 0 spiro atoms. The molecule has 1 aliphatic rings. The molecule has 1 aliphatic carbocycles. The molecule has 0 aliphatic heterocycles. The summed E-state index contributed by atoms with van der Waals surface area (Å²) in [4.78, 5) is 35.5.